The highest BCUT2D eigenvalue weighted by atomic mass is 16.3. The molecule has 0 spiro atoms. The van der Waals surface area contributed by atoms with Crippen LogP contribution in [0, 0.1) is 16.7 Å². The average Bonchev–Trinajstić information content (AvgIpc) is 2.80. The standard InChI is InChI=1S/C17H25NO2/c1-16(2)14(17(16,3)4)15(20)18-13(11-19)10-12-8-6-5-7-9-12/h5-9,13-14,19H,10-11H2,1-4H3,(H,18,20)/t13-/m1/s1. The Labute approximate surface area is 121 Å². The summed E-state index contributed by atoms with van der Waals surface area (Å²) in [6, 6.07) is 9.72. The summed E-state index contributed by atoms with van der Waals surface area (Å²) in [5.41, 5.74) is 1.19. The molecule has 1 aliphatic carbocycles. The van der Waals surface area contributed by atoms with E-state index in [0.717, 1.165) is 5.56 Å². The summed E-state index contributed by atoms with van der Waals surface area (Å²) in [7, 11) is 0. The lowest BCUT2D eigenvalue weighted by molar-refractivity contribution is -0.124. The van der Waals surface area contributed by atoms with E-state index in [1.54, 1.807) is 0 Å². The zero-order valence-corrected chi connectivity index (χ0v) is 12.8. The number of carbonyl (C=O) groups excluding carboxylic acids is 1. The number of amides is 1. The second-order valence-electron chi connectivity index (χ2n) is 6.95. The molecule has 1 saturated carbocycles. The van der Waals surface area contributed by atoms with Crippen molar-refractivity contribution in [3.63, 3.8) is 0 Å². The average molecular weight is 275 g/mol. The molecule has 1 atom stereocenters. The zero-order valence-electron chi connectivity index (χ0n) is 12.8. The molecule has 1 aromatic carbocycles. The SMILES string of the molecule is CC1(C)C(C(=O)N[C@@H](CO)Cc2ccccc2)C1(C)C. The third-order valence-corrected chi connectivity index (χ3v) is 5.17. The first-order valence-corrected chi connectivity index (χ1v) is 7.26. The Morgan fingerprint density at radius 1 is 1.20 bits per heavy atom. The molecule has 0 unspecified atom stereocenters. The van der Waals surface area contributed by atoms with E-state index < -0.39 is 0 Å². The zero-order chi connectivity index (χ0) is 15.0. The maximum absolute atomic E-state index is 12.4. The van der Waals surface area contributed by atoms with Crippen molar-refractivity contribution in [2.24, 2.45) is 16.7 Å². The highest BCUT2D eigenvalue weighted by Crippen LogP contribution is 2.68. The summed E-state index contributed by atoms with van der Waals surface area (Å²) >= 11 is 0. The van der Waals surface area contributed by atoms with Gasteiger partial charge in [0.15, 0.2) is 0 Å². The second kappa shape index (κ2) is 5.21. The number of hydrogen-bond donors (Lipinski definition) is 2. The van der Waals surface area contributed by atoms with Crippen LogP contribution in [0.15, 0.2) is 30.3 Å². The van der Waals surface area contributed by atoms with E-state index in [2.05, 4.69) is 33.0 Å². The molecule has 3 heteroatoms. The largest absolute Gasteiger partial charge is 0.394 e. The van der Waals surface area contributed by atoms with E-state index in [1.165, 1.54) is 0 Å². The minimum Gasteiger partial charge on any atom is -0.394 e. The van der Waals surface area contributed by atoms with Crippen molar-refractivity contribution >= 4 is 5.91 Å². The van der Waals surface area contributed by atoms with Crippen LogP contribution in [0.5, 0.6) is 0 Å². The summed E-state index contributed by atoms with van der Waals surface area (Å²) in [6.07, 6.45) is 0.663. The summed E-state index contributed by atoms with van der Waals surface area (Å²) in [6.45, 7) is 8.48. The van der Waals surface area contributed by atoms with Gasteiger partial charge < -0.3 is 10.4 Å². The normalized spacial score (nSPS) is 21.2. The Morgan fingerprint density at radius 3 is 2.20 bits per heavy atom. The first kappa shape index (κ1) is 15.0. The van der Waals surface area contributed by atoms with E-state index in [9.17, 15) is 9.90 Å². The summed E-state index contributed by atoms with van der Waals surface area (Å²) in [5.74, 6) is 0.0924. The van der Waals surface area contributed by atoms with Crippen molar-refractivity contribution in [1.82, 2.24) is 5.32 Å². The van der Waals surface area contributed by atoms with Gasteiger partial charge >= 0.3 is 0 Å². The van der Waals surface area contributed by atoms with Crippen LogP contribution in [-0.4, -0.2) is 23.7 Å². The van der Waals surface area contributed by atoms with Crippen LogP contribution in [0.25, 0.3) is 0 Å². The highest BCUT2D eigenvalue weighted by Gasteiger charge is 2.68. The lowest BCUT2D eigenvalue weighted by Crippen LogP contribution is -2.40. The highest BCUT2D eigenvalue weighted by molar-refractivity contribution is 5.84. The molecule has 0 bridgehead atoms. The van der Waals surface area contributed by atoms with Crippen LogP contribution in [0.1, 0.15) is 33.3 Å². The number of aliphatic hydroxyl groups is 1. The molecule has 110 valence electrons. The number of carbonyl (C=O) groups is 1. The van der Waals surface area contributed by atoms with Gasteiger partial charge in [-0.05, 0) is 22.8 Å². The third-order valence-electron chi connectivity index (χ3n) is 5.17. The van der Waals surface area contributed by atoms with E-state index in [-0.39, 0.29) is 35.3 Å². The van der Waals surface area contributed by atoms with Gasteiger partial charge in [0.25, 0.3) is 0 Å². The summed E-state index contributed by atoms with van der Waals surface area (Å²) < 4.78 is 0. The molecule has 1 aliphatic rings. The Bertz CT molecular complexity index is 465. The van der Waals surface area contributed by atoms with Crippen LogP contribution in [0.3, 0.4) is 0 Å². The maximum atomic E-state index is 12.4. The minimum absolute atomic E-state index is 0.0276. The van der Waals surface area contributed by atoms with Crippen molar-refractivity contribution in [2.45, 2.75) is 40.2 Å². The predicted molar refractivity (Wildman–Crippen MR) is 80.2 cm³/mol. The Balaban J connectivity index is 1.96. The molecule has 0 saturated heterocycles. The molecule has 0 aromatic heterocycles. The molecule has 1 aromatic rings. The van der Waals surface area contributed by atoms with Gasteiger partial charge in [-0.2, -0.15) is 0 Å². The third kappa shape index (κ3) is 2.59. The molecule has 20 heavy (non-hydrogen) atoms. The number of benzene rings is 1. The maximum Gasteiger partial charge on any atom is 0.224 e. The topological polar surface area (TPSA) is 49.3 Å². The summed E-state index contributed by atoms with van der Waals surface area (Å²) in [5, 5.41) is 12.5. The van der Waals surface area contributed by atoms with Crippen molar-refractivity contribution in [3.05, 3.63) is 35.9 Å². The minimum atomic E-state index is -0.211. The van der Waals surface area contributed by atoms with Crippen molar-refractivity contribution in [1.29, 1.82) is 0 Å². The second-order valence-corrected chi connectivity index (χ2v) is 6.95. The van der Waals surface area contributed by atoms with Crippen molar-refractivity contribution in [2.75, 3.05) is 6.61 Å². The van der Waals surface area contributed by atoms with Crippen LogP contribution in [0.2, 0.25) is 0 Å². The summed E-state index contributed by atoms with van der Waals surface area (Å²) in [4.78, 5) is 12.4. The Morgan fingerprint density at radius 2 is 1.75 bits per heavy atom. The number of rotatable bonds is 5. The van der Waals surface area contributed by atoms with Gasteiger partial charge in [0.1, 0.15) is 0 Å². The monoisotopic (exact) mass is 275 g/mol. The number of hydrogen-bond acceptors (Lipinski definition) is 2. The molecule has 0 aliphatic heterocycles. The van der Waals surface area contributed by atoms with Gasteiger partial charge in [-0.1, -0.05) is 58.0 Å². The van der Waals surface area contributed by atoms with E-state index in [1.807, 2.05) is 30.3 Å². The smallest absolute Gasteiger partial charge is 0.224 e. The van der Waals surface area contributed by atoms with Gasteiger partial charge in [-0.3, -0.25) is 4.79 Å². The molecule has 3 nitrogen and oxygen atoms in total. The molecular weight excluding hydrogens is 250 g/mol. The van der Waals surface area contributed by atoms with Crippen LogP contribution < -0.4 is 5.32 Å². The van der Waals surface area contributed by atoms with E-state index in [0.29, 0.717) is 6.42 Å². The van der Waals surface area contributed by atoms with Gasteiger partial charge in [0, 0.05) is 5.92 Å². The molecule has 2 N–H and O–H groups in total. The molecular formula is C17H25NO2. The lowest BCUT2D eigenvalue weighted by atomic mass is 10.0. The molecule has 0 radical (unpaired) electrons. The number of nitrogens with one attached hydrogen (secondary N) is 1. The van der Waals surface area contributed by atoms with Crippen LogP contribution >= 0.6 is 0 Å². The first-order valence-electron chi connectivity index (χ1n) is 7.26. The van der Waals surface area contributed by atoms with Crippen LogP contribution in [0.4, 0.5) is 0 Å². The van der Waals surface area contributed by atoms with Crippen molar-refractivity contribution < 1.29 is 9.90 Å². The van der Waals surface area contributed by atoms with Crippen LogP contribution in [-0.2, 0) is 11.2 Å². The fraction of sp³-hybridized carbons (Fsp3) is 0.588. The predicted octanol–water partition coefficient (Wildman–Crippen LogP) is 2.39. The Hall–Kier alpha value is -1.35. The van der Waals surface area contributed by atoms with Gasteiger partial charge in [0.2, 0.25) is 5.91 Å². The van der Waals surface area contributed by atoms with E-state index in [4.69, 9.17) is 0 Å². The first-order chi connectivity index (χ1) is 9.30. The molecule has 1 amide bonds. The fourth-order valence-corrected chi connectivity index (χ4v) is 3.20. The van der Waals surface area contributed by atoms with Crippen molar-refractivity contribution in [3.8, 4) is 0 Å². The lowest BCUT2D eigenvalue weighted by Gasteiger charge is -2.17. The fourth-order valence-electron chi connectivity index (χ4n) is 3.20. The van der Waals surface area contributed by atoms with Gasteiger partial charge in [-0.15, -0.1) is 0 Å². The molecule has 1 fully saturated rings. The van der Waals surface area contributed by atoms with E-state index >= 15 is 0 Å². The number of aliphatic hydroxyl groups excluding tert-OH is 1. The quantitative estimate of drug-likeness (QED) is 0.867. The Kier molecular flexibility index (Phi) is 3.92. The molecule has 0 heterocycles. The molecule has 2 rings (SSSR count). The van der Waals surface area contributed by atoms with Gasteiger partial charge in [0.05, 0.1) is 12.6 Å². The van der Waals surface area contributed by atoms with Gasteiger partial charge in [-0.25, -0.2) is 0 Å².